The smallest absolute Gasteiger partial charge is 0.342 e. The van der Waals surface area contributed by atoms with Gasteiger partial charge < -0.3 is 10.2 Å². The first kappa shape index (κ1) is 15.5. The van der Waals surface area contributed by atoms with Crippen molar-refractivity contribution in [3.05, 3.63) is 35.4 Å². The van der Waals surface area contributed by atoms with Gasteiger partial charge in [0.25, 0.3) is 5.91 Å². The third kappa shape index (κ3) is 4.24. The highest BCUT2D eigenvalue weighted by molar-refractivity contribution is 5.95. The highest BCUT2D eigenvalue weighted by atomic mass is 19.4. The van der Waals surface area contributed by atoms with Crippen LogP contribution in [-0.2, 0) is 6.18 Å². The van der Waals surface area contributed by atoms with E-state index in [0.29, 0.717) is 19.5 Å². The molecule has 0 aromatic heterocycles. The zero-order valence-electron chi connectivity index (χ0n) is 10.9. The molecule has 0 heterocycles. The number of carbonyl (C=O) groups excluding carboxylic acids is 1. The Labute approximate surface area is 110 Å². The number of carbonyl (C=O) groups is 1. The van der Waals surface area contributed by atoms with Gasteiger partial charge in [-0.2, -0.15) is 13.2 Å². The standard InChI is InChI=1S/C13H17F3N2O/c1-17-8-5-9-18(2)12(19)10-6-3-4-7-11(10)13(14,15)16/h3-4,6-7,17H,5,8-9H2,1-2H3. The summed E-state index contributed by atoms with van der Waals surface area (Å²) in [4.78, 5) is 13.3. The van der Waals surface area contributed by atoms with Crippen molar-refractivity contribution in [2.45, 2.75) is 12.6 Å². The van der Waals surface area contributed by atoms with Crippen LogP contribution in [0.15, 0.2) is 24.3 Å². The van der Waals surface area contributed by atoms with Gasteiger partial charge in [-0.3, -0.25) is 4.79 Å². The lowest BCUT2D eigenvalue weighted by Gasteiger charge is -2.19. The SMILES string of the molecule is CNCCCN(C)C(=O)c1ccccc1C(F)(F)F. The number of nitrogens with one attached hydrogen (secondary N) is 1. The maximum Gasteiger partial charge on any atom is 0.417 e. The number of hydrogen-bond donors (Lipinski definition) is 1. The minimum atomic E-state index is -4.52. The van der Waals surface area contributed by atoms with Crippen molar-refractivity contribution in [3.8, 4) is 0 Å². The molecule has 1 N–H and O–H groups in total. The maximum atomic E-state index is 12.8. The fourth-order valence-corrected chi connectivity index (χ4v) is 1.72. The summed E-state index contributed by atoms with van der Waals surface area (Å²) in [6.45, 7) is 1.12. The molecule has 106 valence electrons. The summed E-state index contributed by atoms with van der Waals surface area (Å²) in [6, 6.07) is 4.85. The largest absolute Gasteiger partial charge is 0.417 e. The summed E-state index contributed by atoms with van der Waals surface area (Å²) in [5.41, 5.74) is -1.19. The van der Waals surface area contributed by atoms with Crippen molar-refractivity contribution in [2.75, 3.05) is 27.2 Å². The topological polar surface area (TPSA) is 32.3 Å². The Morgan fingerprint density at radius 2 is 1.95 bits per heavy atom. The molecular formula is C13H17F3N2O. The quantitative estimate of drug-likeness (QED) is 0.836. The molecule has 0 aliphatic rings. The molecule has 0 aliphatic carbocycles. The Morgan fingerprint density at radius 1 is 1.32 bits per heavy atom. The monoisotopic (exact) mass is 274 g/mol. The van der Waals surface area contributed by atoms with E-state index in [1.54, 1.807) is 7.05 Å². The predicted molar refractivity (Wildman–Crippen MR) is 66.9 cm³/mol. The minimum Gasteiger partial charge on any atom is -0.342 e. The molecule has 0 saturated heterocycles. The molecule has 0 unspecified atom stereocenters. The third-order valence-electron chi connectivity index (χ3n) is 2.73. The van der Waals surface area contributed by atoms with Crippen LogP contribution in [0.2, 0.25) is 0 Å². The third-order valence-corrected chi connectivity index (χ3v) is 2.73. The van der Waals surface area contributed by atoms with E-state index < -0.39 is 17.6 Å². The first-order valence-electron chi connectivity index (χ1n) is 5.94. The second kappa shape index (κ2) is 6.56. The molecular weight excluding hydrogens is 257 g/mol. The molecule has 0 aliphatic heterocycles. The summed E-state index contributed by atoms with van der Waals surface area (Å²) < 4.78 is 38.4. The molecule has 0 atom stereocenters. The molecule has 0 spiro atoms. The minimum absolute atomic E-state index is 0.304. The van der Waals surface area contributed by atoms with Gasteiger partial charge >= 0.3 is 6.18 Å². The van der Waals surface area contributed by atoms with E-state index in [0.717, 1.165) is 6.07 Å². The number of hydrogen-bond acceptors (Lipinski definition) is 2. The molecule has 0 saturated carbocycles. The lowest BCUT2D eigenvalue weighted by atomic mass is 10.1. The number of amides is 1. The Balaban J connectivity index is 2.88. The van der Waals surface area contributed by atoms with Gasteiger partial charge in [0.15, 0.2) is 0 Å². The lowest BCUT2D eigenvalue weighted by molar-refractivity contribution is -0.138. The number of nitrogens with zero attached hydrogens (tertiary/aromatic N) is 1. The molecule has 0 fully saturated rings. The molecule has 1 aromatic rings. The van der Waals surface area contributed by atoms with Crippen molar-refractivity contribution in [1.29, 1.82) is 0 Å². The molecule has 0 bridgehead atoms. The summed E-state index contributed by atoms with van der Waals surface area (Å²) >= 11 is 0. The van der Waals surface area contributed by atoms with Crippen molar-refractivity contribution in [2.24, 2.45) is 0 Å². The Morgan fingerprint density at radius 3 is 2.53 bits per heavy atom. The van der Waals surface area contributed by atoms with E-state index in [2.05, 4.69) is 5.32 Å². The fourth-order valence-electron chi connectivity index (χ4n) is 1.72. The van der Waals surface area contributed by atoms with Crippen molar-refractivity contribution >= 4 is 5.91 Å². The van der Waals surface area contributed by atoms with Gasteiger partial charge in [-0.1, -0.05) is 12.1 Å². The van der Waals surface area contributed by atoms with Crippen LogP contribution in [0, 0.1) is 0 Å². The van der Waals surface area contributed by atoms with Crippen LogP contribution in [0.25, 0.3) is 0 Å². The van der Waals surface area contributed by atoms with E-state index in [4.69, 9.17) is 0 Å². The lowest BCUT2D eigenvalue weighted by Crippen LogP contribution is -2.31. The summed E-state index contributed by atoms with van der Waals surface area (Å²) in [6.07, 6.45) is -3.83. The normalized spacial score (nSPS) is 11.4. The van der Waals surface area contributed by atoms with Gasteiger partial charge in [-0.05, 0) is 32.1 Å². The number of rotatable bonds is 5. The van der Waals surface area contributed by atoms with Crippen molar-refractivity contribution < 1.29 is 18.0 Å². The van der Waals surface area contributed by atoms with Crippen LogP contribution in [0.4, 0.5) is 13.2 Å². The van der Waals surface area contributed by atoms with Gasteiger partial charge in [0, 0.05) is 13.6 Å². The van der Waals surface area contributed by atoms with E-state index in [1.165, 1.54) is 30.1 Å². The van der Waals surface area contributed by atoms with E-state index >= 15 is 0 Å². The molecule has 1 rings (SSSR count). The number of halogens is 3. The van der Waals surface area contributed by atoms with Crippen molar-refractivity contribution in [3.63, 3.8) is 0 Å². The molecule has 0 radical (unpaired) electrons. The summed E-state index contributed by atoms with van der Waals surface area (Å²) in [7, 11) is 3.28. The highest BCUT2D eigenvalue weighted by Crippen LogP contribution is 2.32. The maximum absolute atomic E-state index is 12.8. The number of benzene rings is 1. The fraction of sp³-hybridized carbons (Fsp3) is 0.462. The van der Waals surface area contributed by atoms with Crippen LogP contribution in [-0.4, -0.2) is 38.0 Å². The van der Waals surface area contributed by atoms with Crippen LogP contribution < -0.4 is 5.32 Å². The van der Waals surface area contributed by atoms with Gasteiger partial charge in [0.2, 0.25) is 0 Å². The van der Waals surface area contributed by atoms with E-state index in [-0.39, 0.29) is 5.56 Å². The molecule has 1 amide bonds. The van der Waals surface area contributed by atoms with Gasteiger partial charge in [0.05, 0.1) is 11.1 Å². The Bertz CT molecular complexity index is 432. The average molecular weight is 274 g/mol. The zero-order valence-corrected chi connectivity index (χ0v) is 10.9. The van der Waals surface area contributed by atoms with Crippen LogP contribution >= 0.6 is 0 Å². The molecule has 3 nitrogen and oxygen atoms in total. The van der Waals surface area contributed by atoms with Gasteiger partial charge in [-0.15, -0.1) is 0 Å². The van der Waals surface area contributed by atoms with Gasteiger partial charge in [0.1, 0.15) is 0 Å². The summed E-state index contributed by atoms with van der Waals surface area (Å²) in [5.74, 6) is -0.607. The zero-order chi connectivity index (χ0) is 14.5. The predicted octanol–water partition coefficient (Wildman–Crippen LogP) is 2.39. The van der Waals surface area contributed by atoms with Crippen LogP contribution in [0.1, 0.15) is 22.3 Å². The highest BCUT2D eigenvalue weighted by Gasteiger charge is 2.35. The Kier molecular flexibility index (Phi) is 5.35. The second-order valence-corrected chi connectivity index (χ2v) is 4.23. The molecule has 6 heteroatoms. The molecule has 19 heavy (non-hydrogen) atoms. The Hall–Kier alpha value is -1.56. The molecule has 1 aromatic carbocycles. The average Bonchev–Trinajstić information content (AvgIpc) is 2.37. The van der Waals surface area contributed by atoms with Crippen molar-refractivity contribution in [1.82, 2.24) is 10.2 Å². The van der Waals surface area contributed by atoms with Crippen LogP contribution in [0.5, 0.6) is 0 Å². The van der Waals surface area contributed by atoms with Gasteiger partial charge in [-0.25, -0.2) is 0 Å². The van der Waals surface area contributed by atoms with Crippen LogP contribution in [0.3, 0.4) is 0 Å². The number of alkyl halides is 3. The summed E-state index contributed by atoms with van der Waals surface area (Å²) in [5, 5.41) is 2.92. The first-order valence-corrected chi connectivity index (χ1v) is 5.94. The van der Waals surface area contributed by atoms with E-state index in [9.17, 15) is 18.0 Å². The second-order valence-electron chi connectivity index (χ2n) is 4.23. The van der Waals surface area contributed by atoms with E-state index in [1.807, 2.05) is 0 Å². The first-order chi connectivity index (χ1) is 8.88.